The van der Waals surface area contributed by atoms with Crippen molar-refractivity contribution in [2.24, 2.45) is 17.3 Å². The van der Waals surface area contributed by atoms with E-state index >= 15 is 0 Å². The summed E-state index contributed by atoms with van der Waals surface area (Å²) >= 11 is 0. The average Bonchev–Trinajstić information content (AvgIpc) is 2.67. The van der Waals surface area contributed by atoms with E-state index in [-0.39, 0.29) is 18.1 Å². The highest BCUT2D eigenvalue weighted by Gasteiger charge is 2.66. The first-order chi connectivity index (χ1) is 8.41. The monoisotopic (exact) mass is 253 g/mol. The number of carbonyl (C=O) groups is 2. The van der Waals surface area contributed by atoms with E-state index in [1.165, 1.54) is 0 Å². The summed E-state index contributed by atoms with van der Waals surface area (Å²) in [6.45, 7) is 3.68. The van der Waals surface area contributed by atoms with Crippen LogP contribution in [0.15, 0.2) is 0 Å². The van der Waals surface area contributed by atoms with Gasteiger partial charge in [-0.2, -0.15) is 0 Å². The zero-order chi connectivity index (χ0) is 13.1. The van der Waals surface area contributed by atoms with Gasteiger partial charge in [-0.25, -0.2) is 0 Å². The molecule has 5 nitrogen and oxygen atoms in total. The van der Waals surface area contributed by atoms with E-state index in [1.807, 2.05) is 13.8 Å². The minimum atomic E-state index is -0.871. The Kier molecular flexibility index (Phi) is 2.46. The van der Waals surface area contributed by atoms with Crippen molar-refractivity contribution in [1.82, 2.24) is 5.32 Å². The zero-order valence-electron chi connectivity index (χ0n) is 10.7. The van der Waals surface area contributed by atoms with Gasteiger partial charge in [0.2, 0.25) is 5.91 Å². The molecule has 100 valence electrons. The lowest BCUT2D eigenvalue weighted by molar-refractivity contribution is -0.140. The molecule has 0 aromatic heterocycles. The molecule has 1 saturated carbocycles. The highest BCUT2D eigenvalue weighted by Crippen LogP contribution is 2.58. The van der Waals surface area contributed by atoms with Crippen LogP contribution in [0, 0.1) is 17.3 Å². The first-order valence-corrected chi connectivity index (χ1v) is 6.60. The van der Waals surface area contributed by atoms with Crippen LogP contribution >= 0.6 is 0 Å². The van der Waals surface area contributed by atoms with Gasteiger partial charge in [-0.05, 0) is 24.7 Å². The fourth-order valence-electron chi connectivity index (χ4n) is 3.65. The molecule has 0 aromatic rings. The summed E-state index contributed by atoms with van der Waals surface area (Å²) in [5, 5.41) is 12.1. The number of carboxylic acids is 1. The highest BCUT2D eigenvalue weighted by atomic mass is 16.5. The minimum Gasteiger partial charge on any atom is -0.481 e. The predicted octanol–water partition coefficient (Wildman–Crippen LogP) is 0.779. The number of carbonyl (C=O) groups excluding carboxylic acids is 1. The molecule has 3 aliphatic rings. The topological polar surface area (TPSA) is 75.6 Å². The number of hydrogen-bond donors (Lipinski definition) is 2. The Morgan fingerprint density at radius 1 is 1.28 bits per heavy atom. The van der Waals surface area contributed by atoms with Crippen molar-refractivity contribution in [3.8, 4) is 0 Å². The SMILES string of the molecule is CC1(C)[C@H](C(=O)O)[C@@H]1C(=O)NC1CC2CCC1O2. The van der Waals surface area contributed by atoms with Gasteiger partial charge in [-0.1, -0.05) is 13.8 Å². The van der Waals surface area contributed by atoms with Gasteiger partial charge in [-0.15, -0.1) is 0 Å². The summed E-state index contributed by atoms with van der Waals surface area (Å²) in [5.41, 5.74) is -0.422. The van der Waals surface area contributed by atoms with E-state index in [1.54, 1.807) is 0 Å². The third kappa shape index (κ3) is 1.64. The second-order valence-electron chi connectivity index (χ2n) is 6.34. The maximum Gasteiger partial charge on any atom is 0.307 e. The number of hydrogen-bond acceptors (Lipinski definition) is 3. The molecule has 18 heavy (non-hydrogen) atoms. The van der Waals surface area contributed by atoms with E-state index in [9.17, 15) is 9.59 Å². The summed E-state index contributed by atoms with van der Waals surface area (Å²) in [4.78, 5) is 23.2. The number of ether oxygens (including phenoxy) is 1. The van der Waals surface area contributed by atoms with Crippen LogP contribution in [-0.2, 0) is 14.3 Å². The van der Waals surface area contributed by atoms with Crippen LogP contribution in [0.5, 0.6) is 0 Å². The van der Waals surface area contributed by atoms with Crippen molar-refractivity contribution in [2.45, 2.75) is 51.4 Å². The molecule has 2 saturated heterocycles. The molecule has 2 bridgehead atoms. The van der Waals surface area contributed by atoms with Gasteiger partial charge in [0.1, 0.15) is 0 Å². The van der Waals surface area contributed by atoms with E-state index in [0.717, 1.165) is 19.3 Å². The summed E-state index contributed by atoms with van der Waals surface area (Å²) < 4.78 is 5.68. The van der Waals surface area contributed by atoms with Crippen LogP contribution in [0.1, 0.15) is 33.1 Å². The molecule has 0 spiro atoms. The van der Waals surface area contributed by atoms with E-state index in [0.29, 0.717) is 6.10 Å². The number of carboxylic acid groups (broad SMARTS) is 1. The zero-order valence-corrected chi connectivity index (χ0v) is 10.7. The fourth-order valence-corrected chi connectivity index (χ4v) is 3.65. The van der Waals surface area contributed by atoms with Crippen LogP contribution < -0.4 is 5.32 Å². The van der Waals surface area contributed by atoms with Gasteiger partial charge < -0.3 is 15.2 Å². The Morgan fingerprint density at radius 2 is 2.00 bits per heavy atom. The molecule has 3 unspecified atom stereocenters. The standard InChI is InChI=1S/C13H19NO4/c1-13(2)9(10(13)12(16)17)11(15)14-7-5-6-3-4-8(7)18-6/h6-10H,3-5H2,1-2H3,(H,14,15)(H,16,17)/t6?,7?,8?,9-,10+/m1/s1. The second-order valence-corrected chi connectivity index (χ2v) is 6.34. The molecular formula is C13H19NO4. The Morgan fingerprint density at radius 3 is 2.44 bits per heavy atom. The van der Waals surface area contributed by atoms with E-state index in [2.05, 4.69) is 5.32 Å². The first-order valence-electron chi connectivity index (χ1n) is 6.60. The lowest BCUT2D eigenvalue weighted by Crippen LogP contribution is -2.42. The maximum atomic E-state index is 12.1. The van der Waals surface area contributed by atoms with Gasteiger partial charge in [-0.3, -0.25) is 9.59 Å². The maximum absolute atomic E-state index is 12.1. The van der Waals surface area contributed by atoms with Crippen molar-refractivity contribution in [3.63, 3.8) is 0 Å². The summed E-state index contributed by atoms with van der Waals surface area (Å²) in [5.74, 6) is -1.93. The van der Waals surface area contributed by atoms with Crippen molar-refractivity contribution >= 4 is 11.9 Å². The molecule has 3 rings (SSSR count). The Bertz CT molecular complexity index is 406. The molecule has 1 aliphatic carbocycles. The number of nitrogens with one attached hydrogen (secondary N) is 1. The average molecular weight is 253 g/mol. The van der Waals surface area contributed by atoms with Gasteiger partial charge in [0, 0.05) is 0 Å². The van der Waals surface area contributed by atoms with Gasteiger partial charge in [0.25, 0.3) is 0 Å². The molecule has 2 N–H and O–H groups in total. The van der Waals surface area contributed by atoms with Crippen LogP contribution in [0.4, 0.5) is 0 Å². The normalized spacial score (nSPS) is 43.8. The minimum absolute atomic E-state index is 0.0853. The molecule has 5 heteroatoms. The molecule has 5 atom stereocenters. The van der Waals surface area contributed by atoms with Gasteiger partial charge >= 0.3 is 5.97 Å². The molecular weight excluding hydrogens is 234 g/mol. The smallest absolute Gasteiger partial charge is 0.307 e. The molecule has 2 aliphatic heterocycles. The van der Waals surface area contributed by atoms with Crippen molar-refractivity contribution in [3.05, 3.63) is 0 Å². The number of amides is 1. The summed E-state index contributed by atoms with van der Waals surface area (Å²) in [6, 6.07) is 0.0853. The number of fused-ring (bicyclic) bond motifs is 2. The lowest BCUT2D eigenvalue weighted by Gasteiger charge is -2.20. The quantitative estimate of drug-likeness (QED) is 0.779. The Hall–Kier alpha value is -1.10. The van der Waals surface area contributed by atoms with Crippen molar-refractivity contribution < 1.29 is 19.4 Å². The molecule has 0 aromatic carbocycles. The molecule has 3 fully saturated rings. The van der Waals surface area contributed by atoms with Crippen LogP contribution in [-0.4, -0.2) is 35.2 Å². The predicted molar refractivity (Wildman–Crippen MR) is 62.8 cm³/mol. The molecule has 1 amide bonds. The Labute approximate surface area is 106 Å². The largest absolute Gasteiger partial charge is 0.481 e. The van der Waals surface area contributed by atoms with Crippen LogP contribution in [0.3, 0.4) is 0 Å². The van der Waals surface area contributed by atoms with E-state index in [4.69, 9.17) is 9.84 Å². The third-order valence-electron chi connectivity index (χ3n) is 4.81. The van der Waals surface area contributed by atoms with Gasteiger partial charge in [0.15, 0.2) is 0 Å². The number of aliphatic carboxylic acids is 1. The van der Waals surface area contributed by atoms with Crippen LogP contribution in [0.2, 0.25) is 0 Å². The molecule has 2 heterocycles. The fraction of sp³-hybridized carbons (Fsp3) is 0.846. The Balaban J connectivity index is 1.61. The second kappa shape index (κ2) is 3.70. The summed E-state index contributed by atoms with van der Waals surface area (Å²) in [7, 11) is 0. The van der Waals surface area contributed by atoms with E-state index < -0.39 is 23.2 Å². The van der Waals surface area contributed by atoms with Crippen molar-refractivity contribution in [2.75, 3.05) is 0 Å². The lowest BCUT2D eigenvalue weighted by atomic mass is 9.95. The van der Waals surface area contributed by atoms with Crippen molar-refractivity contribution in [1.29, 1.82) is 0 Å². The van der Waals surface area contributed by atoms with Gasteiger partial charge in [0.05, 0.1) is 30.1 Å². The number of rotatable bonds is 3. The highest BCUT2D eigenvalue weighted by molar-refractivity contribution is 5.91. The first kappa shape index (κ1) is 12.0. The molecule has 0 radical (unpaired) electrons. The third-order valence-corrected chi connectivity index (χ3v) is 4.81. The summed E-state index contributed by atoms with van der Waals surface area (Å²) in [6.07, 6.45) is 3.41. The van der Waals surface area contributed by atoms with Crippen LogP contribution in [0.25, 0.3) is 0 Å².